The van der Waals surface area contributed by atoms with E-state index in [1.54, 1.807) is 12.1 Å². The summed E-state index contributed by atoms with van der Waals surface area (Å²) in [4.78, 5) is 77.9. The van der Waals surface area contributed by atoms with Crippen molar-refractivity contribution in [1.29, 1.82) is 0 Å². The number of amides is 1. The van der Waals surface area contributed by atoms with Gasteiger partial charge in [-0.2, -0.15) is 0 Å². The first-order chi connectivity index (χ1) is 21.7. The number of primary amides is 1. The van der Waals surface area contributed by atoms with Gasteiger partial charge in [0.2, 0.25) is 5.91 Å². The number of hydrogen-bond acceptors (Lipinski definition) is 11. The Morgan fingerprint density at radius 2 is 1.76 bits per heavy atom. The molecule has 2 aromatic rings. The van der Waals surface area contributed by atoms with E-state index < -0.39 is 70.8 Å². The van der Waals surface area contributed by atoms with Gasteiger partial charge in [0, 0.05) is 24.4 Å². The first kappa shape index (κ1) is 33.0. The van der Waals surface area contributed by atoms with E-state index in [4.69, 9.17) is 15.2 Å². The van der Waals surface area contributed by atoms with Crippen molar-refractivity contribution in [2.45, 2.75) is 57.7 Å². The van der Waals surface area contributed by atoms with Gasteiger partial charge in [-0.1, -0.05) is 26.0 Å². The maximum atomic E-state index is 14.0. The molecule has 0 heterocycles. The number of nitrogens with one attached hydrogen (secondary N) is 1. The van der Waals surface area contributed by atoms with E-state index in [9.17, 15) is 39.0 Å². The van der Waals surface area contributed by atoms with Crippen LogP contribution in [0.2, 0.25) is 0 Å². The highest BCUT2D eigenvalue weighted by Crippen LogP contribution is 2.51. The molecule has 5 N–H and O–H groups in total. The molecule has 0 saturated heterocycles. The summed E-state index contributed by atoms with van der Waals surface area (Å²) in [6, 6.07) is 7.92. The topological polar surface area (TPSA) is 199 Å². The van der Waals surface area contributed by atoms with E-state index in [1.165, 1.54) is 20.3 Å². The lowest BCUT2D eigenvalue weighted by atomic mass is 9.53. The predicted molar refractivity (Wildman–Crippen MR) is 163 cm³/mol. The largest absolute Gasteiger partial charge is 0.507 e. The van der Waals surface area contributed by atoms with Gasteiger partial charge in [0.15, 0.2) is 34.7 Å². The Hall–Kier alpha value is -4.42. The third-order valence-electron chi connectivity index (χ3n) is 9.59. The smallest absolute Gasteiger partial charge is 0.322 e. The Kier molecular flexibility index (Phi) is 8.89. The fraction of sp³-hybridized carbons (Fsp3) is 0.471. The number of ketones is 4. The number of esters is 1. The average molecular weight is 635 g/mol. The number of aliphatic hydroxyl groups is 1. The Morgan fingerprint density at radius 3 is 2.39 bits per heavy atom. The van der Waals surface area contributed by atoms with Crippen molar-refractivity contribution in [1.82, 2.24) is 5.32 Å². The molecule has 5 unspecified atom stereocenters. The summed E-state index contributed by atoms with van der Waals surface area (Å²) in [5.41, 5.74) is 4.88. The molecule has 6 atom stereocenters. The van der Waals surface area contributed by atoms with Gasteiger partial charge in [-0.15, -0.1) is 0 Å². The molecule has 0 radical (unpaired) electrons. The number of ether oxygens (including phenoxy) is 2. The highest BCUT2D eigenvalue weighted by Gasteiger charge is 2.66. The van der Waals surface area contributed by atoms with E-state index in [-0.39, 0.29) is 36.0 Å². The minimum absolute atomic E-state index is 0.0119. The van der Waals surface area contributed by atoms with E-state index in [0.29, 0.717) is 35.4 Å². The Morgan fingerprint density at radius 1 is 1.04 bits per heavy atom. The normalized spacial score (nSPS) is 26.2. The number of methoxy groups -OCH3 is 2. The number of phenolic OH excluding ortho intramolecular Hbond substituents is 1. The number of carbonyl (C=O) groups excluding carboxylic acids is 6. The molecule has 0 bridgehead atoms. The van der Waals surface area contributed by atoms with Gasteiger partial charge in [0.05, 0.1) is 25.7 Å². The average Bonchev–Trinajstić information content (AvgIpc) is 3.00. The minimum atomic E-state index is -2.71. The Balaban J connectivity index is 1.53. The monoisotopic (exact) mass is 634 g/mol. The maximum Gasteiger partial charge on any atom is 0.322 e. The third kappa shape index (κ3) is 5.39. The number of aromatic hydroxyl groups is 1. The Labute approximate surface area is 265 Å². The van der Waals surface area contributed by atoms with Crippen LogP contribution in [0, 0.1) is 29.6 Å². The van der Waals surface area contributed by atoms with Crippen molar-refractivity contribution in [2.75, 3.05) is 14.2 Å². The fourth-order valence-corrected chi connectivity index (χ4v) is 7.41. The zero-order valence-electron chi connectivity index (χ0n) is 26.1. The summed E-state index contributed by atoms with van der Waals surface area (Å²) in [5.74, 6) is -10.4. The molecule has 3 aliphatic carbocycles. The number of Topliss-reactive ketones (excluding diaryl/α,β-unsaturated/α-hetero) is 4. The molecule has 46 heavy (non-hydrogen) atoms. The summed E-state index contributed by atoms with van der Waals surface area (Å²) in [7, 11) is 2.84. The summed E-state index contributed by atoms with van der Waals surface area (Å²) < 4.78 is 10.6. The standard InChI is InChI=1S/C34H38N2O10/c1-15(2)9-22(33(43)46-4)36-14-16-5-8-25(45-3)20(10-16)19-6-7-23(37)27-21(19)12-17-11-18-13-24(38)28(32(35)42)31(41)34(18,44)30(40)26(17)29(27)39/h5-8,10,15,17-18,22,26,28,36-37,44H,9,11-14H2,1-4H3,(H2,35,42)/t17?,18?,22?,26?,28?,34-/m0/s1. The maximum absolute atomic E-state index is 14.0. The summed E-state index contributed by atoms with van der Waals surface area (Å²) in [5, 5.41) is 25.6. The molecule has 2 saturated carbocycles. The van der Waals surface area contributed by atoms with Crippen LogP contribution in [0.15, 0.2) is 30.3 Å². The zero-order chi connectivity index (χ0) is 33.7. The van der Waals surface area contributed by atoms with E-state index in [1.807, 2.05) is 26.0 Å². The van der Waals surface area contributed by atoms with Crippen LogP contribution in [-0.2, 0) is 41.7 Å². The molecular formula is C34H38N2O10. The molecule has 244 valence electrons. The van der Waals surface area contributed by atoms with Crippen molar-refractivity contribution in [3.8, 4) is 22.6 Å². The first-order valence-corrected chi connectivity index (χ1v) is 15.2. The van der Waals surface area contributed by atoms with Crippen LogP contribution in [-0.4, -0.2) is 71.1 Å². The second-order valence-electron chi connectivity index (χ2n) is 12.8. The van der Waals surface area contributed by atoms with Crippen LogP contribution in [0.4, 0.5) is 0 Å². The number of phenols is 1. The van der Waals surface area contributed by atoms with Crippen molar-refractivity contribution < 1.29 is 48.5 Å². The SMILES string of the molecule is COC(=O)C(CC(C)C)NCc1ccc(OC)c(-c2ccc(O)c3c2CC2CC4CC(=O)C(C(N)=O)C(=O)[C@@]4(O)C(=O)C2C3=O)c1. The van der Waals surface area contributed by atoms with E-state index in [0.717, 1.165) is 5.56 Å². The molecular weight excluding hydrogens is 596 g/mol. The van der Waals surface area contributed by atoms with Crippen LogP contribution in [0.5, 0.6) is 11.5 Å². The highest BCUT2D eigenvalue weighted by molar-refractivity contribution is 6.31. The number of rotatable bonds is 9. The molecule has 3 aliphatic rings. The van der Waals surface area contributed by atoms with Crippen molar-refractivity contribution in [3.63, 3.8) is 0 Å². The van der Waals surface area contributed by atoms with Gasteiger partial charge in [0.25, 0.3) is 0 Å². The minimum Gasteiger partial charge on any atom is -0.507 e. The van der Waals surface area contributed by atoms with Crippen LogP contribution < -0.4 is 15.8 Å². The van der Waals surface area contributed by atoms with Gasteiger partial charge < -0.3 is 30.7 Å². The molecule has 12 nitrogen and oxygen atoms in total. The third-order valence-corrected chi connectivity index (χ3v) is 9.59. The summed E-state index contributed by atoms with van der Waals surface area (Å²) in [6.07, 6.45) is 0.272. The van der Waals surface area contributed by atoms with E-state index in [2.05, 4.69) is 5.32 Å². The van der Waals surface area contributed by atoms with Crippen LogP contribution in [0.25, 0.3) is 11.1 Å². The molecule has 12 heteroatoms. The van der Waals surface area contributed by atoms with Crippen LogP contribution in [0.3, 0.4) is 0 Å². The lowest BCUT2D eigenvalue weighted by Gasteiger charge is -2.48. The van der Waals surface area contributed by atoms with Gasteiger partial charge in [-0.3, -0.25) is 28.8 Å². The second kappa shape index (κ2) is 12.4. The molecule has 0 aliphatic heterocycles. The number of nitrogens with two attached hydrogens (primary N) is 1. The number of fused-ring (bicyclic) bond motifs is 3. The van der Waals surface area contributed by atoms with Crippen molar-refractivity contribution in [2.24, 2.45) is 35.3 Å². The van der Waals surface area contributed by atoms with E-state index >= 15 is 0 Å². The summed E-state index contributed by atoms with van der Waals surface area (Å²) in [6.45, 7) is 4.33. The van der Waals surface area contributed by atoms with Gasteiger partial charge >= 0.3 is 5.97 Å². The number of benzene rings is 2. The Bertz CT molecular complexity index is 1650. The quantitative estimate of drug-likeness (QED) is 0.231. The molecule has 1 amide bonds. The van der Waals surface area contributed by atoms with Crippen molar-refractivity contribution in [3.05, 3.63) is 47.0 Å². The molecule has 0 aromatic heterocycles. The van der Waals surface area contributed by atoms with Gasteiger partial charge in [-0.05, 0) is 66.0 Å². The van der Waals surface area contributed by atoms with Crippen LogP contribution >= 0.6 is 0 Å². The molecule has 5 rings (SSSR count). The molecule has 0 spiro atoms. The summed E-state index contributed by atoms with van der Waals surface area (Å²) >= 11 is 0. The second-order valence-corrected chi connectivity index (χ2v) is 12.8. The van der Waals surface area contributed by atoms with Crippen molar-refractivity contribution >= 4 is 35.0 Å². The lowest BCUT2D eigenvalue weighted by Crippen LogP contribution is -2.68. The zero-order valence-corrected chi connectivity index (χ0v) is 26.1. The lowest BCUT2D eigenvalue weighted by molar-refractivity contribution is -0.175. The predicted octanol–water partition coefficient (Wildman–Crippen LogP) is 1.68. The first-order valence-electron chi connectivity index (χ1n) is 15.2. The highest BCUT2D eigenvalue weighted by atomic mass is 16.5. The van der Waals surface area contributed by atoms with Gasteiger partial charge in [-0.25, -0.2) is 0 Å². The van der Waals surface area contributed by atoms with Crippen LogP contribution in [0.1, 0.15) is 54.6 Å². The number of carbonyl (C=O) groups is 6. The van der Waals surface area contributed by atoms with Gasteiger partial charge in [0.1, 0.15) is 17.5 Å². The molecule has 2 aromatic carbocycles. The number of hydrogen-bond donors (Lipinski definition) is 4. The molecule has 2 fully saturated rings. The fourth-order valence-electron chi connectivity index (χ4n) is 7.41.